The Morgan fingerprint density at radius 1 is 1.21 bits per heavy atom. The molecule has 98 valence electrons. The predicted molar refractivity (Wildman–Crippen MR) is 70.6 cm³/mol. The molecule has 1 aliphatic carbocycles. The first-order chi connectivity index (χ1) is 9.28. The van der Waals surface area contributed by atoms with E-state index in [2.05, 4.69) is 6.07 Å². The van der Waals surface area contributed by atoms with Gasteiger partial charge in [0.25, 0.3) is 0 Å². The number of hydrogen-bond donors (Lipinski definition) is 0. The van der Waals surface area contributed by atoms with E-state index in [4.69, 9.17) is 4.74 Å². The third kappa shape index (κ3) is 2.06. The lowest BCUT2D eigenvalue weighted by molar-refractivity contribution is 0.0914. The first-order valence-electron chi connectivity index (χ1n) is 6.97. The normalized spacial score (nSPS) is 30.6. The van der Waals surface area contributed by atoms with Crippen molar-refractivity contribution in [3.8, 4) is 6.07 Å². The van der Waals surface area contributed by atoms with Gasteiger partial charge in [0.15, 0.2) is 0 Å². The maximum atomic E-state index is 12.5. The maximum Gasteiger partial charge on any atom is 0.244 e. The summed E-state index contributed by atoms with van der Waals surface area (Å²) in [6.45, 7) is 0. The molecule has 2 fully saturated rings. The Labute approximate surface area is 113 Å². The standard InChI is InChI=1S/C16H17NO2/c17-11-16(14(18)12-7-3-1-4-8-12)15(19-16)13-9-5-2-6-10-13/h1,3-4,7-8,13,15H,2,5-6,9-10H2/t15-,16-/m0/s1. The molecule has 0 aromatic heterocycles. The smallest absolute Gasteiger partial charge is 0.244 e. The molecule has 1 heterocycles. The summed E-state index contributed by atoms with van der Waals surface area (Å²) < 4.78 is 5.60. The second kappa shape index (κ2) is 4.79. The molecule has 2 aliphatic rings. The van der Waals surface area contributed by atoms with Crippen molar-refractivity contribution in [3.63, 3.8) is 0 Å². The highest BCUT2D eigenvalue weighted by Gasteiger charge is 2.65. The van der Waals surface area contributed by atoms with E-state index < -0.39 is 5.60 Å². The number of carbonyl (C=O) groups excluding carboxylic acids is 1. The monoisotopic (exact) mass is 255 g/mol. The SMILES string of the molecule is N#C[C@@]1(C(=O)c2ccccc2)O[C@H]1C1CCCCC1. The zero-order valence-corrected chi connectivity index (χ0v) is 10.8. The summed E-state index contributed by atoms with van der Waals surface area (Å²) in [5, 5.41) is 9.39. The Hall–Kier alpha value is -1.66. The molecule has 1 saturated carbocycles. The van der Waals surface area contributed by atoms with Gasteiger partial charge in [-0.2, -0.15) is 5.26 Å². The van der Waals surface area contributed by atoms with Crippen LogP contribution in [0.1, 0.15) is 42.5 Å². The van der Waals surface area contributed by atoms with Crippen LogP contribution in [-0.4, -0.2) is 17.5 Å². The highest BCUT2D eigenvalue weighted by atomic mass is 16.6. The van der Waals surface area contributed by atoms with E-state index in [9.17, 15) is 10.1 Å². The van der Waals surface area contributed by atoms with Crippen LogP contribution in [0, 0.1) is 17.2 Å². The first kappa shape index (κ1) is 12.4. The Bertz CT molecular complexity index is 513. The van der Waals surface area contributed by atoms with Crippen LogP contribution in [0.5, 0.6) is 0 Å². The van der Waals surface area contributed by atoms with Gasteiger partial charge in [0, 0.05) is 5.56 Å². The minimum atomic E-state index is -1.20. The fraction of sp³-hybridized carbons (Fsp3) is 0.500. The molecule has 0 radical (unpaired) electrons. The number of nitriles is 1. The van der Waals surface area contributed by atoms with Crippen molar-refractivity contribution >= 4 is 5.78 Å². The lowest BCUT2D eigenvalue weighted by atomic mass is 9.81. The highest BCUT2D eigenvalue weighted by molar-refractivity contribution is 6.06. The molecule has 0 bridgehead atoms. The fourth-order valence-corrected chi connectivity index (χ4v) is 3.16. The van der Waals surface area contributed by atoms with Crippen molar-refractivity contribution in [1.29, 1.82) is 5.26 Å². The van der Waals surface area contributed by atoms with Gasteiger partial charge in [0.1, 0.15) is 12.2 Å². The number of rotatable bonds is 3. The number of carbonyl (C=O) groups is 1. The minimum absolute atomic E-state index is 0.175. The van der Waals surface area contributed by atoms with Crippen LogP contribution in [0.25, 0.3) is 0 Å². The zero-order valence-electron chi connectivity index (χ0n) is 10.8. The molecule has 1 saturated heterocycles. The van der Waals surface area contributed by atoms with Crippen molar-refractivity contribution in [2.24, 2.45) is 5.92 Å². The average Bonchev–Trinajstić information content (AvgIpc) is 3.24. The quantitative estimate of drug-likeness (QED) is 0.616. The van der Waals surface area contributed by atoms with Crippen LogP contribution in [0.15, 0.2) is 30.3 Å². The van der Waals surface area contributed by atoms with Gasteiger partial charge in [-0.25, -0.2) is 0 Å². The van der Waals surface area contributed by atoms with Gasteiger partial charge in [-0.15, -0.1) is 0 Å². The first-order valence-corrected chi connectivity index (χ1v) is 6.97. The Morgan fingerprint density at radius 3 is 2.53 bits per heavy atom. The van der Waals surface area contributed by atoms with Gasteiger partial charge in [0.2, 0.25) is 11.4 Å². The molecule has 1 aromatic carbocycles. The van der Waals surface area contributed by atoms with E-state index in [1.165, 1.54) is 19.3 Å². The predicted octanol–water partition coefficient (Wildman–Crippen LogP) is 3.11. The van der Waals surface area contributed by atoms with Crippen molar-refractivity contribution in [1.82, 2.24) is 0 Å². The molecule has 1 aromatic rings. The molecule has 0 spiro atoms. The van der Waals surface area contributed by atoms with Gasteiger partial charge >= 0.3 is 0 Å². The summed E-state index contributed by atoms with van der Waals surface area (Å²) in [6, 6.07) is 11.1. The van der Waals surface area contributed by atoms with Gasteiger partial charge < -0.3 is 4.74 Å². The molecule has 3 nitrogen and oxygen atoms in total. The molecule has 0 unspecified atom stereocenters. The summed E-state index contributed by atoms with van der Waals surface area (Å²) >= 11 is 0. The minimum Gasteiger partial charge on any atom is -0.343 e. The fourth-order valence-electron chi connectivity index (χ4n) is 3.16. The van der Waals surface area contributed by atoms with E-state index in [1.54, 1.807) is 12.1 Å². The number of Topliss-reactive ketones (excluding diaryl/α,β-unsaturated/α-hetero) is 1. The van der Waals surface area contributed by atoms with Crippen LogP contribution < -0.4 is 0 Å². The lowest BCUT2D eigenvalue weighted by Gasteiger charge is -2.20. The third-order valence-corrected chi connectivity index (χ3v) is 4.27. The molecule has 0 amide bonds. The van der Waals surface area contributed by atoms with Crippen LogP contribution in [0.3, 0.4) is 0 Å². The largest absolute Gasteiger partial charge is 0.343 e. The number of benzene rings is 1. The van der Waals surface area contributed by atoms with Crippen molar-refractivity contribution in [2.75, 3.05) is 0 Å². The van der Waals surface area contributed by atoms with Gasteiger partial charge in [0.05, 0.1) is 0 Å². The van der Waals surface area contributed by atoms with Crippen LogP contribution in [0.4, 0.5) is 0 Å². The Balaban J connectivity index is 1.79. The molecule has 1 aliphatic heterocycles. The molecular formula is C16H17NO2. The lowest BCUT2D eigenvalue weighted by Crippen LogP contribution is -2.29. The molecule has 0 N–H and O–H groups in total. The van der Waals surface area contributed by atoms with Crippen molar-refractivity contribution < 1.29 is 9.53 Å². The van der Waals surface area contributed by atoms with Crippen LogP contribution in [0.2, 0.25) is 0 Å². The molecule has 2 atom stereocenters. The van der Waals surface area contributed by atoms with Gasteiger partial charge in [-0.05, 0) is 18.8 Å². The Kier molecular flexibility index (Phi) is 3.12. The topological polar surface area (TPSA) is 53.4 Å². The van der Waals surface area contributed by atoms with Crippen molar-refractivity contribution in [2.45, 2.75) is 43.8 Å². The zero-order chi connectivity index (χ0) is 13.3. The summed E-state index contributed by atoms with van der Waals surface area (Å²) in [5.41, 5.74) is -0.633. The van der Waals surface area contributed by atoms with Crippen molar-refractivity contribution in [3.05, 3.63) is 35.9 Å². The summed E-state index contributed by atoms with van der Waals surface area (Å²) in [4.78, 5) is 12.5. The third-order valence-electron chi connectivity index (χ3n) is 4.27. The second-order valence-electron chi connectivity index (χ2n) is 5.48. The van der Waals surface area contributed by atoms with Gasteiger partial charge in [-0.1, -0.05) is 49.6 Å². The second-order valence-corrected chi connectivity index (χ2v) is 5.48. The van der Waals surface area contributed by atoms with E-state index in [1.807, 2.05) is 18.2 Å². The van der Waals surface area contributed by atoms with Crippen LogP contribution in [-0.2, 0) is 4.74 Å². The maximum absolute atomic E-state index is 12.5. The van der Waals surface area contributed by atoms with E-state index in [0.717, 1.165) is 12.8 Å². The molecule has 19 heavy (non-hydrogen) atoms. The molecule has 3 heteroatoms. The summed E-state index contributed by atoms with van der Waals surface area (Å²) in [6.07, 6.45) is 5.60. The molecule has 3 rings (SSSR count). The van der Waals surface area contributed by atoms with Crippen LogP contribution >= 0.6 is 0 Å². The number of nitrogens with zero attached hydrogens (tertiary/aromatic N) is 1. The number of ether oxygens (including phenoxy) is 1. The van der Waals surface area contributed by atoms with E-state index >= 15 is 0 Å². The highest BCUT2D eigenvalue weighted by Crippen LogP contribution is 2.47. The Morgan fingerprint density at radius 2 is 1.89 bits per heavy atom. The summed E-state index contributed by atoms with van der Waals surface area (Å²) in [7, 11) is 0. The number of epoxide rings is 1. The van der Waals surface area contributed by atoms with E-state index in [0.29, 0.717) is 11.5 Å². The van der Waals surface area contributed by atoms with E-state index in [-0.39, 0.29) is 11.9 Å². The number of hydrogen-bond acceptors (Lipinski definition) is 3. The average molecular weight is 255 g/mol. The van der Waals surface area contributed by atoms with Gasteiger partial charge in [-0.3, -0.25) is 4.79 Å². The number of ketones is 1. The molecular weight excluding hydrogens is 238 g/mol. The summed E-state index contributed by atoms with van der Waals surface area (Å²) in [5.74, 6) is 0.201.